The lowest BCUT2D eigenvalue weighted by Crippen LogP contribution is -2.59. The summed E-state index contributed by atoms with van der Waals surface area (Å²) in [4.78, 5) is 54.5. The molecule has 12 heteroatoms. The number of thioether (sulfide) groups is 1. The Morgan fingerprint density at radius 3 is 2.41 bits per heavy atom. The van der Waals surface area contributed by atoms with Crippen LogP contribution in [0.1, 0.15) is 72.3 Å². The van der Waals surface area contributed by atoms with E-state index in [1.807, 2.05) is 65.0 Å². The SMILES string of the molecule is COC(=O)[C@@H](NC(=O)Cc1ccccc1)[C@@H]1N[C@@H](C(=O)NC[C@H](O)CN2C[C@H]3CCCC[C@H]3C[C@H]2C(=O)NC(C)(C)C)C(C)(C)S1. The van der Waals surface area contributed by atoms with Crippen molar-refractivity contribution < 1.29 is 29.0 Å². The second kappa shape index (κ2) is 15.5. The van der Waals surface area contributed by atoms with Gasteiger partial charge >= 0.3 is 5.97 Å². The number of piperidine rings is 1. The molecular formula is C34H53N5O6S. The van der Waals surface area contributed by atoms with Gasteiger partial charge in [-0.3, -0.25) is 24.6 Å². The maximum atomic E-state index is 13.5. The van der Waals surface area contributed by atoms with Gasteiger partial charge in [0.15, 0.2) is 6.04 Å². The molecule has 256 valence electrons. The van der Waals surface area contributed by atoms with Crippen LogP contribution in [0.3, 0.4) is 0 Å². The van der Waals surface area contributed by atoms with Gasteiger partial charge in [-0.2, -0.15) is 0 Å². The molecule has 1 aliphatic carbocycles. The fourth-order valence-corrected chi connectivity index (χ4v) is 8.51. The summed E-state index contributed by atoms with van der Waals surface area (Å²) in [6.45, 7) is 10.8. The number of β-amino-alcohol motifs (C(OH)–C–C–N with tert-alkyl or cyclic N) is 1. The summed E-state index contributed by atoms with van der Waals surface area (Å²) in [7, 11) is 1.27. The van der Waals surface area contributed by atoms with Crippen LogP contribution in [0.25, 0.3) is 0 Å². The van der Waals surface area contributed by atoms with Gasteiger partial charge in [0.1, 0.15) is 6.04 Å². The molecule has 2 saturated heterocycles. The lowest BCUT2D eigenvalue weighted by atomic mass is 9.72. The highest BCUT2D eigenvalue weighted by molar-refractivity contribution is 8.01. The quantitative estimate of drug-likeness (QED) is 0.225. The first-order valence-electron chi connectivity index (χ1n) is 16.5. The van der Waals surface area contributed by atoms with Crippen LogP contribution in [0.2, 0.25) is 0 Å². The van der Waals surface area contributed by atoms with E-state index >= 15 is 0 Å². The molecule has 0 aromatic heterocycles. The minimum atomic E-state index is -1.01. The van der Waals surface area contributed by atoms with E-state index in [0.29, 0.717) is 11.8 Å². The minimum absolute atomic E-state index is 0.0104. The van der Waals surface area contributed by atoms with Gasteiger partial charge in [-0.25, -0.2) is 4.79 Å². The minimum Gasteiger partial charge on any atom is -0.467 e. The fraction of sp³-hybridized carbons (Fsp3) is 0.706. The van der Waals surface area contributed by atoms with Crippen molar-refractivity contribution in [3.05, 3.63) is 35.9 Å². The number of likely N-dealkylation sites (tertiary alicyclic amines) is 1. The second-order valence-corrected chi connectivity index (χ2v) is 16.4. The number of carbonyl (C=O) groups excluding carboxylic acids is 4. The number of carbonyl (C=O) groups is 4. The van der Waals surface area contributed by atoms with Crippen LogP contribution in [0.5, 0.6) is 0 Å². The van der Waals surface area contributed by atoms with Crippen LogP contribution in [0.15, 0.2) is 30.3 Å². The second-order valence-electron chi connectivity index (χ2n) is 14.6. The number of aliphatic hydroxyl groups is 1. The van der Waals surface area contributed by atoms with E-state index in [4.69, 9.17) is 4.74 Å². The number of nitrogens with one attached hydrogen (secondary N) is 4. The van der Waals surface area contributed by atoms with Gasteiger partial charge in [-0.05, 0) is 64.9 Å². The van der Waals surface area contributed by atoms with Crippen LogP contribution < -0.4 is 21.3 Å². The van der Waals surface area contributed by atoms with E-state index in [1.54, 1.807) is 0 Å². The highest BCUT2D eigenvalue weighted by Gasteiger charge is 2.49. The van der Waals surface area contributed by atoms with Gasteiger partial charge in [0, 0.05) is 29.9 Å². The molecule has 1 saturated carbocycles. The fourth-order valence-electron chi connectivity index (χ4n) is 7.02. The van der Waals surface area contributed by atoms with Gasteiger partial charge in [0.2, 0.25) is 17.7 Å². The number of hydrogen-bond donors (Lipinski definition) is 5. The van der Waals surface area contributed by atoms with E-state index in [2.05, 4.69) is 26.2 Å². The first-order chi connectivity index (χ1) is 21.7. The van der Waals surface area contributed by atoms with Gasteiger partial charge in [0.25, 0.3) is 0 Å². The van der Waals surface area contributed by atoms with Crippen molar-refractivity contribution >= 4 is 35.5 Å². The lowest BCUT2D eigenvalue weighted by molar-refractivity contribution is -0.145. The molecule has 5 N–H and O–H groups in total. The molecule has 3 aliphatic rings. The predicted molar refractivity (Wildman–Crippen MR) is 179 cm³/mol. The van der Waals surface area contributed by atoms with Crippen molar-refractivity contribution in [3.63, 3.8) is 0 Å². The topological polar surface area (TPSA) is 149 Å². The van der Waals surface area contributed by atoms with Crippen LogP contribution in [0.4, 0.5) is 0 Å². The number of esters is 1. The van der Waals surface area contributed by atoms with Crippen molar-refractivity contribution in [2.75, 3.05) is 26.7 Å². The first kappa shape index (κ1) is 36.2. The lowest BCUT2D eigenvalue weighted by Gasteiger charge is -2.46. The Hall–Kier alpha value is -2.67. The molecule has 1 aromatic carbocycles. The smallest absolute Gasteiger partial charge is 0.330 e. The van der Waals surface area contributed by atoms with Gasteiger partial charge in [-0.15, -0.1) is 11.8 Å². The molecule has 0 bridgehead atoms. The number of hydrogen-bond acceptors (Lipinski definition) is 9. The molecule has 2 aliphatic heterocycles. The summed E-state index contributed by atoms with van der Waals surface area (Å²) in [6, 6.07) is 7.22. The zero-order valence-electron chi connectivity index (χ0n) is 28.1. The Bertz CT molecular complexity index is 1220. The van der Waals surface area contributed by atoms with Crippen molar-refractivity contribution in [2.24, 2.45) is 11.8 Å². The van der Waals surface area contributed by atoms with Crippen LogP contribution in [0, 0.1) is 11.8 Å². The van der Waals surface area contributed by atoms with Crippen molar-refractivity contribution in [2.45, 2.75) is 113 Å². The number of benzene rings is 1. The number of methoxy groups -OCH3 is 1. The van der Waals surface area contributed by atoms with Crippen molar-refractivity contribution in [1.29, 1.82) is 0 Å². The number of rotatable bonds is 11. The average Bonchev–Trinajstić information content (AvgIpc) is 3.32. The summed E-state index contributed by atoms with van der Waals surface area (Å²) in [5.41, 5.74) is 0.462. The molecule has 1 aromatic rings. The molecular weight excluding hydrogens is 606 g/mol. The Morgan fingerprint density at radius 2 is 1.76 bits per heavy atom. The Labute approximate surface area is 277 Å². The third-order valence-corrected chi connectivity index (χ3v) is 10.8. The number of amides is 3. The maximum absolute atomic E-state index is 13.5. The Kier molecular flexibility index (Phi) is 12.2. The molecule has 3 fully saturated rings. The number of nitrogens with zero attached hydrogens (tertiary/aromatic N) is 1. The molecule has 11 nitrogen and oxygen atoms in total. The summed E-state index contributed by atoms with van der Waals surface area (Å²) >= 11 is 1.38. The third-order valence-electron chi connectivity index (χ3n) is 9.26. The van der Waals surface area contributed by atoms with E-state index in [-0.39, 0.29) is 48.8 Å². The van der Waals surface area contributed by atoms with E-state index in [1.165, 1.54) is 31.7 Å². The molecule has 3 amide bonds. The molecule has 0 radical (unpaired) electrons. The molecule has 0 spiro atoms. The maximum Gasteiger partial charge on any atom is 0.330 e. The van der Waals surface area contributed by atoms with E-state index in [0.717, 1.165) is 31.4 Å². The number of aliphatic hydroxyl groups excluding tert-OH is 1. The largest absolute Gasteiger partial charge is 0.467 e. The predicted octanol–water partition coefficient (Wildman–Crippen LogP) is 1.97. The summed E-state index contributed by atoms with van der Waals surface area (Å²) in [5.74, 6) is -0.219. The summed E-state index contributed by atoms with van der Waals surface area (Å²) < 4.78 is 4.37. The molecule has 7 atom stereocenters. The Morgan fingerprint density at radius 1 is 1.09 bits per heavy atom. The zero-order chi connectivity index (χ0) is 33.6. The van der Waals surface area contributed by atoms with Crippen LogP contribution in [-0.4, -0.2) is 100 Å². The van der Waals surface area contributed by atoms with Crippen LogP contribution in [-0.2, 0) is 30.3 Å². The van der Waals surface area contributed by atoms with Gasteiger partial charge in [-0.1, -0.05) is 49.6 Å². The van der Waals surface area contributed by atoms with E-state index in [9.17, 15) is 24.3 Å². The molecule has 4 rings (SSSR count). The highest BCUT2D eigenvalue weighted by atomic mass is 32.2. The van der Waals surface area contributed by atoms with E-state index < -0.39 is 34.3 Å². The normalized spacial score (nSPS) is 27.5. The van der Waals surface area contributed by atoms with Crippen molar-refractivity contribution in [1.82, 2.24) is 26.2 Å². The standard InChI is InChI=1S/C34H53N5O6S/c1-33(2,3)38-29(42)25-17-22-14-10-11-15-23(22)19-39(25)20-24(40)18-35-30(43)28-34(4,5)46-31(37-28)27(32(44)45-6)36-26(41)16-21-12-8-7-9-13-21/h7-9,12-13,22-25,27-28,31,37,40H,10-11,14-20H2,1-6H3,(H,35,43)(H,36,41)(H,38,42)/t22-,23+,24-,25-,27-,28-,31+/m0/s1. The molecule has 0 unspecified atom stereocenters. The number of fused-ring (bicyclic) bond motifs is 1. The molecule has 46 heavy (non-hydrogen) atoms. The third kappa shape index (κ3) is 9.68. The summed E-state index contributed by atoms with van der Waals surface area (Å²) in [5, 5.41) is 22.5. The van der Waals surface area contributed by atoms with Crippen LogP contribution >= 0.6 is 11.8 Å². The van der Waals surface area contributed by atoms with Gasteiger partial charge in [0.05, 0.1) is 31.1 Å². The van der Waals surface area contributed by atoms with Gasteiger partial charge < -0.3 is 25.8 Å². The average molecular weight is 660 g/mol. The highest BCUT2D eigenvalue weighted by Crippen LogP contribution is 2.40. The summed E-state index contributed by atoms with van der Waals surface area (Å²) in [6.07, 6.45) is 4.71. The Balaban J connectivity index is 1.35. The van der Waals surface area contributed by atoms with Crippen molar-refractivity contribution in [3.8, 4) is 0 Å². The zero-order valence-corrected chi connectivity index (χ0v) is 29.0. The monoisotopic (exact) mass is 659 g/mol. The number of ether oxygens (including phenoxy) is 1. The molecule has 2 heterocycles. The first-order valence-corrected chi connectivity index (χ1v) is 17.4.